The predicted octanol–water partition coefficient (Wildman–Crippen LogP) is 3.34. The molecule has 0 heterocycles. The van der Waals surface area contributed by atoms with Gasteiger partial charge in [0.05, 0.1) is 21.4 Å². The zero-order chi connectivity index (χ0) is 12.3. The van der Waals surface area contributed by atoms with E-state index in [1.54, 1.807) is 18.2 Å². The summed E-state index contributed by atoms with van der Waals surface area (Å²) in [7, 11) is -1.06. The molecule has 88 valence electrons. The molecule has 0 fully saturated rings. The maximum atomic E-state index is 12.2. The number of nitrogens with two attached hydrogens (primary N) is 1. The number of anilines is 1. The summed E-state index contributed by atoms with van der Waals surface area (Å²) in [6.07, 6.45) is 0. The number of halogens is 1. The molecule has 2 aromatic rings. The van der Waals surface area contributed by atoms with E-state index in [2.05, 4.69) is 15.9 Å². The lowest BCUT2D eigenvalue weighted by Crippen LogP contribution is -1.98. The third-order valence-corrected chi connectivity index (χ3v) is 4.70. The molecule has 17 heavy (non-hydrogen) atoms. The fraction of sp³-hybridized carbons (Fsp3) is 0.0769. The summed E-state index contributed by atoms with van der Waals surface area (Å²) < 4.78 is 13.0. The van der Waals surface area contributed by atoms with E-state index in [0.717, 1.165) is 14.9 Å². The van der Waals surface area contributed by atoms with E-state index in [1.165, 1.54) is 0 Å². The van der Waals surface area contributed by atoms with Gasteiger partial charge in [0.15, 0.2) is 0 Å². The first kappa shape index (κ1) is 12.3. The average Bonchev–Trinajstić information content (AvgIpc) is 2.30. The molecule has 1 atom stereocenters. The van der Waals surface area contributed by atoms with Crippen LogP contribution in [0.2, 0.25) is 0 Å². The van der Waals surface area contributed by atoms with Crippen LogP contribution in [-0.2, 0) is 16.6 Å². The Bertz CT molecular complexity index is 542. The monoisotopic (exact) mass is 309 g/mol. The normalized spacial score (nSPS) is 12.3. The van der Waals surface area contributed by atoms with Crippen molar-refractivity contribution in [1.29, 1.82) is 0 Å². The van der Waals surface area contributed by atoms with Gasteiger partial charge in [0, 0.05) is 10.2 Å². The van der Waals surface area contributed by atoms with Gasteiger partial charge in [-0.25, -0.2) is 0 Å². The first-order chi connectivity index (χ1) is 8.16. The molecule has 0 saturated carbocycles. The lowest BCUT2D eigenvalue weighted by atomic mass is 10.2. The SMILES string of the molecule is Nc1ccc(S(=O)Cc2ccccc2)c(Br)c1. The first-order valence-electron chi connectivity index (χ1n) is 5.14. The summed E-state index contributed by atoms with van der Waals surface area (Å²) in [6, 6.07) is 15.1. The number of nitrogen functional groups attached to an aromatic ring is 1. The highest BCUT2D eigenvalue weighted by atomic mass is 79.9. The highest BCUT2D eigenvalue weighted by molar-refractivity contribution is 9.10. The zero-order valence-electron chi connectivity index (χ0n) is 9.10. The van der Waals surface area contributed by atoms with Crippen molar-refractivity contribution in [3.63, 3.8) is 0 Å². The van der Waals surface area contributed by atoms with Crippen LogP contribution in [0, 0.1) is 0 Å². The molecule has 0 aliphatic heterocycles. The minimum atomic E-state index is -1.06. The molecule has 2 aromatic carbocycles. The van der Waals surface area contributed by atoms with Gasteiger partial charge in [-0.05, 0) is 39.7 Å². The second-order valence-corrected chi connectivity index (χ2v) is 5.94. The van der Waals surface area contributed by atoms with Crippen molar-refractivity contribution in [3.8, 4) is 0 Å². The van der Waals surface area contributed by atoms with Gasteiger partial charge < -0.3 is 5.73 Å². The molecule has 2 N–H and O–H groups in total. The third kappa shape index (κ3) is 3.17. The van der Waals surface area contributed by atoms with Crippen molar-refractivity contribution in [2.75, 3.05) is 5.73 Å². The maximum Gasteiger partial charge on any atom is 0.0585 e. The highest BCUT2D eigenvalue weighted by Gasteiger charge is 2.09. The van der Waals surface area contributed by atoms with Crippen molar-refractivity contribution in [2.45, 2.75) is 10.6 Å². The summed E-state index contributed by atoms with van der Waals surface area (Å²) in [5.74, 6) is 0.517. The molecule has 2 rings (SSSR count). The summed E-state index contributed by atoms with van der Waals surface area (Å²) in [5.41, 5.74) is 7.38. The molecule has 2 nitrogen and oxygen atoms in total. The summed E-state index contributed by atoms with van der Waals surface area (Å²) in [4.78, 5) is 0.781. The van der Waals surface area contributed by atoms with Crippen LogP contribution in [0.4, 0.5) is 5.69 Å². The summed E-state index contributed by atoms with van der Waals surface area (Å²) in [6.45, 7) is 0. The predicted molar refractivity (Wildman–Crippen MR) is 75.1 cm³/mol. The van der Waals surface area contributed by atoms with Gasteiger partial charge in [-0.2, -0.15) is 0 Å². The van der Waals surface area contributed by atoms with Crippen LogP contribution in [0.5, 0.6) is 0 Å². The van der Waals surface area contributed by atoms with Crippen LogP contribution in [0.1, 0.15) is 5.56 Å². The Morgan fingerprint density at radius 1 is 1.12 bits per heavy atom. The second kappa shape index (κ2) is 5.47. The van der Waals surface area contributed by atoms with Crippen LogP contribution in [0.15, 0.2) is 57.9 Å². The largest absolute Gasteiger partial charge is 0.399 e. The van der Waals surface area contributed by atoms with Crippen molar-refractivity contribution in [2.24, 2.45) is 0 Å². The molecule has 0 bridgehead atoms. The molecule has 0 aliphatic rings. The fourth-order valence-corrected chi connectivity index (χ4v) is 3.59. The van der Waals surface area contributed by atoms with Crippen molar-refractivity contribution < 1.29 is 4.21 Å². The van der Waals surface area contributed by atoms with E-state index in [0.29, 0.717) is 11.4 Å². The topological polar surface area (TPSA) is 43.1 Å². The van der Waals surface area contributed by atoms with E-state index >= 15 is 0 Å². The number of hydrogen-bond donors (Lipinski definition) is 1. The van der Waals surface area contributed by atoms with Gasteiger partial charge in [0.2, 0.25) is 0 Å². The van der Waals surface area contributed by atoms with E-state index in [-0.39, 0.29) is 0 Å². The van der Waals surface area contributed by atoms with Crippen LogP contribution >= 0.6 is 15.9 Å². The fourth-order valence-electron chi connectivity index (χ4n) is 1.51. The molecule has 1 unspecified atom stereocenters. The number of benzene rings is 2. The standard InChI is InChI=1S/C13H12BrNOS/c14-12-8-11(15)6-7-13(12)17(16)9-10-4-2-1-3-5-10/h1-8H,9,15H2. The number of rotatable bonds is 3. The Balaban J connectivity index is 2.21. The van der Waals surface area contributed by atoms with Crippen molar-refractivity contribution in [3.05, 3.63) is 58.6 Å². The van der Waals surface area contributed by atoms with Gasteiger partial charge in [-0.3, -0.25) is 4.21 Å². The van der Waals surface area contributed by atoms with E-state index in [1.807, 2.05) is 30.3 Å². The van der Waals surface area contributed by atoms with Gasteiger partial charge in [0.25, 0.3) is 0 Å². The highest BCUT2D eigenvalue weighted by Crippen LogP contribution is 2.24. The molecule has 0 saturated heterocycles. The third-order valence-electron chi connectivity index (χ3n) is 2.34. The van der Waals surface area contributed by atoms with Gasteiger partial charge >= 0.3 is 0 Å². The minimum Gasteiger partial charge on any atom is -0.399 e. The Morgan fingerprint density at radius 2 is 1.82 bits per heavy atom. The van der Waals surface area contributed by atoms with Crippen LogP contribution in [0.3, 0.4) is 0 Å². The number of hydrogen-bond acceptors (Lipinski definition) is 2. The molecule has 0 radical (unpaired) electrons. The zero-order valence-corrected chi connectivity index (χ0v) is 11.5. The van der Waals surface area contributed by atoms with Gasteiger partial charge in [-0.15, -0.1) is 0 Å². The van der Waals surface area contributed by atoms with Gasteiger partial charge in [-0.1, -0.05) is 30.3 Å². The average molecular weight is 310 g/mol. The van der Waals surface area contributed by atoms with E-state index in [4.69, 9.17) is 5.73 Å². The summed E-state index contributed by atoms with van der Waals surface area (Å²) in [5, 5.41) is 0. The van der Waals surface area contributed by atoms with E-state index < -0.39 is 10.8 Å². The quantitative estimate of drug-likeness (QED) is 0.884. The van der Waals surface area contributed by atoms with Crippen LogP contribution < -0.4 is 5.73 Å². The maximum absolute atomic E-state index is 12.2. The summed E-state index contributed by atoms with van der Waals surface area (Å²) >= 11 is 3.39. The minimum absolute atomic E-state index is 0.517. The Kier molecular flexibility index (Phi) is 3.97. The first-order valence-corrected chi connectivity index (χ1v) is 7.25. The second-order valence-electron chi connectivity index (χ2n) is 3.67. The van der Waals surface area contributed by atoms with Crippen LogP contribution in [-0.4, -0.2) is 4.21 Å². The molecule has 4 heteroatoms. The molecular weight excluding hydrogens is 298 g/mol. The lowest BCUT2D eigenvalue weighted by molar-refractivity contribution is 0.682. The Hall–Kier alpha value is -1.13. The Labute approximate surface area is 111 Å². The van der Waals surface area contributed by atoms with Crippen LogP contribution in [0.25, 0.3) is 0 Å². The molecule has 0 aliphatic carbocycles. The lowest BCUT2D eigenvalue weighted by Gasteiger charge is -2.05. The molecule has 0 amide bonds. The molecule has 0 aromatic heterocycles. The van der Waals surface area contributed by atoms with Crippen molar-refractivity contribution >= 4 is 32.4 Å². The molecular formula is C13H12BrNOS. The smallest absolute Gasteiger partial charge is 0.0585 e. The van der Waals surface area contributed by atoms with E-state index in [9.17, 15) is 4.21 Å². The van der Waals surface area contributed by atoms with Crippen molar-refractivity contribution in [1.82, 2.24) is 0 Å². The Morgan fingerprint density at radius 3 is 2.47 bits per heavy atom. The van der Waals surface area contributed by atoms with Gasteiger partial charge in [0.1, 0.15) is 0 Å². The molecule has 0 spiro atoms.